The molecule has 0 bridgehead atoms. The Morgan fingerprint density at radius 1 is 0.976 bits per heavy atom. The summed E-state index contributed by atoms with van der Waals surface area (Å²) in [6.45, 7) is 6.50. The number of nitrogens with one attached hydrogen (secondary N) is 1. The van der Waals surface area contributed by atoms with Crippen LogP contribution in [0.3, 0.4) is 0 Å². The van der Waals surface area contributed by atoms with Gasteiger partial charge in [0.1, 0.15) is 17.1 Å². The maximum absolute atomic E-state index is 13.5. The molecule has 0 saturated carbocycles. The van der Waals surface area contributed by atoms with Gasteiger partial charge in [0.05, 0.1) is 31.5 Å². The molecule has 3 aromatic rings. The highest BCUT2D eigenvalue weighted by Crippen LogP contribution is 2.35. The molecule has 0 spiro atoms. The number of hydrogen-bond donors (Lipinski definition) is 1. The first-order chi connectivity index (χ1) is 19.6. The monoisotopic (exact) mass is 560 g/mol. The van der Waals surface area contributed by atoms with Gasteiger partial charge >= 0.3 is 12.1 Å². The van der Waals surface area contributed by atoms with Crippen molar-refractivity contribution in [3.63, 3.8) is 0 Å². The summed E-state index contributed by atoms with van der Waals surface area (Å²) in [4.78, 5) is 39.0. The molecule has 1 aliphatic rings. The van der Waals surface area contributed by atoms with Crippen molar-refractivity contribution in [2.75, 3.05) is 25.2 Å². The third kappa shape index (κ3) is 8.23. The Morgan fingerprint density at radius 3 is 2.46 bits per heavy atom. The quantitative estimate of drug-likeness (QED) is 0.336. The molecule has 9 heteroatoms. The topological polar surface area (TPSA) is 103 Å². The van der Waals surface area contributed by atoms with Crippen molar-refractivity contribution >= 4 is 23.7 Å². The Balaban J connectivity index is 1.32. The highest BCUT2D eigenvalue weighted by Gasteiger charge is 2.34. The number of ether oxygens (including phenoxy) is 4. The average molecular weight is 561 g/mol. The largest absolute Gasteiger partial charge is 0.493 e. The minimum absolute atomic E-state index is 0.177. The van der Waals surface area contributed by atoms with Crippen molar-refractivity contribution in [3.05, 3.63) is 89.5 Å². The summed E-state index contributed by atoms with van der Waals surface area (Å²) in [5, 5.41) is 2.75. The molecule has 41 heavy (non-hydrogen) atoms. The zero-order valence-corrected chi connectivity index (χ0v) is 23.8. The molecule has 0 aromatic heterocycles. The third-order valence-corrected chi connectivity index (χ3v) is 6.31. The lowest BCUT2D eigenvalue weighted by Gasteiger charge is -2.34. The maximum atomic E-state index is 13.5. The van der Waals surface area contributed by atoms with Crippen LogP contribution in [0.25, 0.3) is 0 Å². The number of benzene rings is 3. The van der Waals surface area contributed by atoms with E-state index in [1.54, 1.807) is 23.1 Å². The smallest absolute Gasteiger partial charge is 0.407 e. The van der Waals surface area contributed by atoms with Crippen LogP contribution < -0.4 is 19.7 Å². The van der Waals surface area contributed by atoms with Gasteiger partial charge in [0.15, 0.2) is 6.10 Å². The van der Waals surface area contributed by atoms with Crippen LogP contribution in [0.5, 0.6) is 11.5 Å². The Hall–Kier alpha value is -4.53. The van der Waals surface area contributed by atoms with Crippen molar-refractivity contribution in [3.8, 4) is 11.5 Å². The van der Waals surface area contributed by atoms with Gasteiger partial charge in [-0.1, -0.05) is 36.4 Å². The molecule has 1 unspecified atom stereocenters. The number of rotatable bonds is 10. The van der Waals surface area contributed by atoms with E-state index in [1.165, 1.54) is 7.11 Å². The number of nitrogens with zero attached hydrogens (tertiary/aromatic N) is 1. The van der Waals surface area contributed by atoms with E-state index in [0.717, 1.165) is 11.1 Å². The zero-order valence-electron chi connectivity index (χ0n) is 23.8. The minimum atomic E-state index is -0.716. The first kappa shape index (κ1) is 29.5. The molecular formula is C32H36N2O7. The molecule has 1 heterocycles. The van der Waals surface area contributed by atoms with Crippen LogP contribution in [0.1, 0.15) is 48.7 Å². The van der Waals surface area contributed by atoms with Crippen molar-refractivity contribution in [1.29, 1.82) is 0 Å². The van der Waals surface area contributed by atoms with Crippen molar-refractivity contribution in [1.82, 2.24) is 5.32 Å². The van der Waals surface area contributed by atoms with E-state index in [4.69, 9.17) is 18.9 Å². The molecule has 3 aromatic carbocycles. The van der Waals surface area contributed by atoms with E-state index in [-0.39, 0.29) is 19.1 Å². The summed E-state index contributed by atoms with van der Waals surface area (Å²) in [7, 11) is 1.34. The van der Waals surface area contributed by atoms with Gasteiger partial charge in [0, 0.05) is 13.0 Å². The predicted molar refractivity (Wildman–Crippen MR) is 154 cm³/mol. The van der Waals surface area contributed by atoms with Gasteiger partial charge in [0.2, 0.25) is 0 Å². The molecule has 0 aliphatic carbocycles. The molecule has 4 rings (SSSR count). The second-order valence-electron chi connectivity index (χ2n) is 10.7. The predicted octanol–water partition coefficient (Wildman–Crippen LogP) is 5.30. The van der Waals surface area contributed by atoms with Crippen LogP contribution in [-0.2, 0) is 27.2 Å². The van der Waals surface area contributed by atoms with Gasteiger partial charge in [-0.25, -0.2) is 9.59 Å². The Kier molecular flexibility index (Phi) is 9.49. The summed E-state index contributed by atoms with van der Waals surface area (Å²) in [5.41, 5.74) is 2.41. The molecule has 0 radical (unpaired) electrons. The fourth-order valence-electron chi connectivity index (χ4n) is 4.38. The Labute approximate surface area is 240 Å². The molecular weight excluding hydrogens is 524 g/mol. The third-order valence-electron chi connectivity index (χ3n) is 6.31. The van der Waals surface area contributed by atoms with Gasteiger partial charge in [-0.3, -0.25) is 4.79 Å². The van der Waals surface area contributed by atoms with Gasteiger partial charge in [0.25, 0.3) is 5.91 Å². The number of alkyl carbamates (subject to hydrolysis) is 1. The fraction of sp³-hybridized carbons (Fsp3) is 0.344. The van der Waals surface area contributed by atoms with Crippen LogP contribution in [-0.4, -0.2) is 49.9 Å². The molecule has 2 amide bonds. The standard InChI is InChI=1S/C32H36N2O7/c1-32(2,3)41-31(37)33-18-16-22-12-14-25(15-13-22)39-19-17-28-29(35)34(26-10-5-6-11-27(26)40-28)21-23-8-7-9-24(20-23)30(36)38-4/h5-15,20,28H,16-19,21H2,1-4H3,(H,33,37). The molecule has 0 fully saturated rings. The van der Waals surface area contributed by atoms with Gasteiger partial charge < -0.3 is 29.2 Å². The van der Waals surface area contributed by atoms with Crippen molar-refractivity contribution in [2.45, 2.75) is 51.9 Å². The number of para-hydroxylation sites is 2. The van der Waals surface area contributed by atoms with E-state index in [0.29, 0.717) is 42.1 Å². The van der Waals surface area contributed by atoms with E-state index in [1.807, 2.05) is 75.4 Å². The second-order valence-corrected chi connectivity index (χ2v) is 10.7. The summed E-state index contributed by atoms with van der Waals surface area (Å²) < 4.78 is 22.0. The Morgan fingerprint density at radius 2 is 1.73 bits per heavy atom. The lowest BCUT2D eigenvalue weighted by atomic mass is 10.1. The van der Waals surface area contributed by atoms with Crippen molar-refractivity contribution < 1.29 is 33.3 Å². The lowest BCUT2D eigenvalue weighted by molar-refractivity contribution is -0.127. The number of esters is 1. The van der Waals surface area contributed by atoms with E-state index in [9.17, 15) is 14.4 Å². The summed E-state index contributed by atoms with van der Waals surface area (Å²) in [6, 6.07) is 22.0. The minimum Gasteiger partial charge on any atom is -0.493 e. The maximum Gasteiger partial charge on any atom is 0.407 e. The molecule has 1 N–H and O–H groups in total. The van der Waals surface area contributed by atoms with Gasteiger partial charge in [-0.2, -0.15) is 0 Å². The number of carbonyl (C=O) groups excluding carboxylic acids is 3. The van der Waals surface area contributed by atoms with E-state index in [2.05, 4.69) is 5.32 Å². The number of fused-ring (bicyclic) bond motifs is 1. The van der Waals surface area contributed by atoms with Crippen LogP contribution in [0.4, 0.5) is 10.5 Å². The molecule has 1 atom stereocenters. The van der Waals surface area contributed by atoms with Crippen LogP contribution in [0.15, 0.2) is 72.8 Å². The van der Waals surface area contributed by atoms with Crippen molar-refractivity contribution in [2.24, 2.45) is 0 Å². The first-order valence-electron chi connectivity index (χ1n) is 13.6. The zero-order chi connectivity index (χ0) is 29.4. The molecule has 0 saturated heterocycles. The average Bonchev–Trinajstić information content (AvgIpc) is 2.94. The first-order valence-corrected chi connectivity index (χ1v) is 13.6. The highest BCUT2D eigenvalue weighted by molar-refractivity contribution is 6.00. The van der Waals surface area contributed by atoms with Gasteiger partial charge in [-0.05, 0) is 74.7 Å². The SMILES string of the molecule is COC(=O)c1cccc(CN2C(=O)C(CCOc3ccc(CCNC(=O)OC(C)(C)C)cc3)Oc3ccccc32)c1. The van der Waals surface area contributed by atoms with Crippen LogP contribution in [0.2, 0.25) is 0 Å². The number of hydrogen-bond acceptors (Lipinski definition) is 7. The number of carbonyl (C=O) groups is 3. The Bertz CT molecular complexity index is 1360. The molecule has 1 aliphatic heterocycles. The normalized spacial score (nSPS) is 14.5. The second kappa shape index (κ2) is 13.2. The number of amides is 2. The highest BCUT2D eigenvalue weighted by atomic mass is 16.6. The summed E-state index contributed by atoms with van der Waals surface area (Å²) >= 11 is 0. The van der Waals surface area contributed by atoms with Crippen LogP contribution >= 0.6 is 0 Å². The fourth-order valence-corrected chi connectivity index (χ4v) is 4.38. The molecule has 216 valence electrons. The lowest BCUT2D eigenvalue weighted by Crippen LogP contribution is -2.46. The van der Waals surface area contributed by atoms with E-state index >= 15 is 0 Å². The van der Waals surface area contributed by atoms with Gasteiger partial charge in [-0.15, -0.1) is 0 Å². The summed E-state index contributed by atoms with van der Waals surface area (Å²) in [6.07, 6.45) is -0.144. The number of anilines is 1. The number of methoxy groups -OCH3 is 1. The van der Waals surface area contributed by atoms with E-state index < -0.39 is 23.8 Å². The van der Waals surface area contributed by atoms with Crippen LogP contribution in [0, 0.1) is 0 Å². The summed E-state index contributed by atoms with van der Waals surface area (Å²) in [5.74, 6) is 0.684. The molecule has 9 nitrogen and oxygen atoms in total.